The van der Waals surface area contributed by atoms with Gasteiger partial charge in [-0.2, -0.15) is 5.26 Å². The van der Waals surface area contributed by atoms with Gasteiger partial charge in [0, 0.05) is 11.9 Å². The average molecular weight is 338 g/mol. The summed E-state index contributed by atoms with van der Waals surface area (Å²) in [4.78, 5) is 20.0. The molecule has 25 heavy (non-hydrogen) atoms. The number of aromatic nitrogens is 3. The zero-order valence-corrected chi connectivity index (χ0v) is 15.1. The highest BCUT2D eigenvalue weighted by molar-refractivity contribution is 5.92. The largest absolute Gasteiger partial charge is 0.465 e. The predicted octanol–water partition coefficient (Wildman–Crippen LogP) is 4.13. The molecule has 0 radical (unpaired) electrons. The van der Waals surface area contributed by atoms with Crippen LogP contribution in [-0.4, -0.2) is 27.6 Å². The van der Waals surface area contributed by atoms with E-state index in [-0.39, 0.29) is 0 Å². The molecular weight excluding hydrogens is 316 g/mol. The Balaban J connectivity index is 0.000000730. The molecule has 2 aromatic heterocycles. The Morgan fingerprint density at radius 1 is 1.12 bits per heavy atom. The Kier molecular flexibility index (Phi) is 7.80. The molecule has 0 bridgehead atoms. The minimum Gasteiger partial charge on any atom is -0.465 e. The van der Waals surface area contributed by atoms with Crippen LogP contribution in [0.2, 0.25) is 0 Å². The number of ether oxygens (including phenoxy) is 1. The van der Waals surface area contributed by atoms with Gasteiger partial charge in [-0.1, -0.05) is 27.7 Å². The number of nitriles is 1. The zero-order valence-electron chi connectivity index (χ0n) is 15.1. The lowest BCUT2D eigenvalue weighted by atomic mass is 10.2. The average Bonchev–Trinajstić information content (AvgIpc) is 3.13. The summed E-state index contributed by atoms with van der Waals surface area (Å²) in [5.41, 5.74) is 3.02. The van der Waals surface area contributed by atoms with Gasteiger partial charge in [-0.3, -0.25) is 4.57 Å². The lowest BCUT2D eigenvalue weighted by Gasteiger charge is -2.04. The molecule has 6 heteroatoms. The maximum absolute atomic E-state index is 11.5. The fourth-order valence-corrected chi connectivity index (χ4v) is 2.02. The number of carbonyl (C=O) groups is 1. The standard InChI is InChI=1S/C15H10N4O2.2C2H6/c1-21-15(20)11-6-13-14(17-8-11)19(9-18-13)12-4-2-10(7-16)3-5-12;2*1-2/h2-6,8-9H,1H3;2*1-2H3. The van der Waals surface area contributed by atoms with E-state index in [0.717, 1.165) is 5.69 Å². The molecule has 0 aliphatic heterocycles. The van der Waals surface area contributed by atoms with Crippen molar-refractivity contribution in [1.29, 1.82) is 5.26 Å². The predicted molar refractivity (Wildman–Crippen MR) is 97.6 cm³/mol. The summed E-state index contributed by atoms with van der Waals surface area (Å²) < 4.78 is 6.45. The highest BCUT2D eigenvalue weighted by Gasteiger charge is 2.11. The number of hydrogen-bond donors (Lipinski definition) is 0. The van der Waals surface area contributed by atoms with Crippen LogP contribution in [0.3, 0.4) is 0 Å². The second kappa shape index (κ2) is 9.83. The first-order valence-corrected chi connectivity index (χ1v) is 8.15. The van der Waals surface area contributed by atoms with Crippen molar-refractivity contribution < 1.29 is 9.53 Å². The molecule has 3 aromatic rings. The minimum absolute atomic E-state index is 0.357. The number of rotatable bonds is 2. The van der Waals surface area contributed by atoms with E-state index in [0.29, 0.717) is 22.3 Å². The Morgan fingerprint density at radius 2 is 1.76 bits per heavy atom. The number of carbonyl (C=O) groups excluding carboxylic acids is 1. The van der Waals surface area contributed by atoms with Crippen LogP contribution in [-0.2, 0) is 4.74 Å². The summed E-state index contributed by atoms with van der Waals surface area (Å²) in [7, 11) is 1.32. The van der Waals surface area contributed by atoms with Gasteiger partial charge in [0.2, 0.25) is 0 Å². The van der Waals surface area contributed by atoms with Crippen molar-refractivity contribution in [2.45, 2.75) is 27.7 Å². The van der Waals surface area contributed by atoms with Crippen molar-refractivity contribution in [3.05, 3.63) is 54.0 Å². The molecule has 6 nitrogen and oxygen atoms in total. The molecule has 2 heterocycles. The van der Waals surface area contributed by atoms with Gasteiger partial charge in [0.05, 0.1) is 24.3 Å². The van der Waals surface area contributed by atoms with Crippen LogP contribution >= 0.6 is 0 Å². The molecular formula is C19H22N4O2. The van der Waals surface area contributed by atoms with Gasteiger partial charge in [0.15, 0.2) is 5.65 Å². The SMILES string of the molecule is CC.CC.COC(=O)c1cnc2c(c1)ncn2-c1ccc(C#N)cc1. The van der Waals surface area contributed by atoms with Gasteiger partial charge >= 0.3 is 5.97 Å². The normalized spacial score (nSPS) is 9.12. The molecule has 0 spiro atoms. The molecule has 0 unspecified atom stereocenters. The molecule has 0 saturated carbocycles. The van der Waals surface area contributed by atoms with Crippen LogP contribution in [0.5, 0.6) is 0 Å². The molecule has 3 rings (SSSR count). The molecule has 130 valence electrons. The van der Waals surface area contributed by atoms with Gasteiger partial charge in [-0.05, 0) is 30.3 Å². The third kappa shape index (κ3) is 4.42. The number of hydrogen-bond acceptors (Lipinski definition) is 5. The molecule has 0 N–H and O–H groups in total. The summed E-state index contributed by atoms with van der Waals surface area (Å²) in [6.45, 7) is 8.00. The van der Waals surface area contributed by atoms with Gasteiger partial charge in [0.1, 0.15) is 11.8 Å². The van der Waals surface area contributed by atoms with E-state index in [1.807, 2.05) is 39.8 Å². The lowest BCUT2D eigenvalue weighted by molar-refractivity contribution is 0.0600. The number of imidazole rings is 1. The van der Waals surface area contributed by atoms with Crippen LogP contribution in [0.1, 0.15) is 43.6 Å². The van der Waals surface area contributed by atoms with Crippen molar-refractivity contribution in [3.63, 3.8) is 0 Å². The summed E-state index contributed by atoms with van der Waals surface area (Å²) in [6, 6.07) is 10.8. The minimum atomic E-state index is -0.447. The second-order valence-corrected chi connectivity index (χ2v) is 4.33. The molecule has 0 amide bonds. The molecule has 0 aliphatic rings. The fourth-order valence-electron chi connectivity index (χ4n) is 2.02. The zero-order chi connectivity index (χ0) is 18.8. The molecule has 0 aliphatic carbocycles. The Labute approximate surface area is 147 Å². The van der Waals surface area contributed by atoms with E-state index in [4.69, 9.17) is 5.26 Å². The lowest BCUT2D eigenvalue weighted by Crippen LogP contribution is -2.02. The number of pyridine rings is 1. The Bertz CT molecular complexity index is 861. The molecule has 0 atom stereocenters. The fraction of sp³-hybridized carbons (Fsp3) is 0.263. The van der Waals surface area contributed by atoms with Crippen molar-refractivity contribution >= 4 is 17.1 Å². The first-order chi connectivity index (χ1) is 12.2. The maximum atomic E-state index is 11.5. The van der Waals surface area contributed by atoms with Crippen LogP contribution < -0.4 is 0 Å². The van der Waals surface area contributed by atoms with E-state index in [9.17, 15) is 4.79 Å². The van der Waals surface area contributed by atoms with E-state index in [1.165, 1.54) is 13.3 Å². The summed E-state index contributed by atoms with van der Waals surface area (Å²) >= 11 is 0. The topological polar surface area (TPSA) is 80.8 Å². The first-order valence-electron chi connectivity index (χ1n) is 8.15. The van der Waals surface area contributed by atoms with E-state index < -0.39 is 5.97 Å². The Hall–Kier alpha value is -3.20. The van der Waals surface area contributed by atoms with Crippen molar-refractivity contribution in [1.82, 2.24) is 14.5 Å². The van der Waals surface area contributed by atoms with Gasteiger partial charge < -0.3 is 4.74 Å². The van der Waals surface area contributed by atoms with Crippen LogP contribution in [0.4, 0.5) is 0 Å². The second-order valence-electron chi connectivity index (χ2n) is 4.33. The number of esters is 1. The third-order valence-electron chi connectivity index (χ3n) is 3.08. The highest BCUT2D eigenvalue weighted by atomic mass is 16.5. The number of methoxy groups -OCH3 is 1. The first kappa shape index (κ1) is 19.8. The van der Waals surface area contributed by atoms with Crippen molar-refractivity contribution in [2.75, 3.05) is 7.11 Å². The van der Waals surface area contributed by atoms with Gasteiger partial charge in [0.25, 0.3) is 0 Å². The number of benzene rings is 1. The van der Waals surface area contributed by atoms with Gasteiger partial charge in [-0.15, -0.1) is 0 Å². The Morgan fingerprint density at radius 3 is 2.32 bits per heavy atom. The van der Waals surface area contributed by atoms with Crippen LogP contribution in [0.15, 0.2) is 42.9 Å². The van der Waals surface area contributed by atoms with Crippen LogP contribution in [0.25, 0.3) is 16.9 Å². The summed E-state index contributed by atoms with van der Waals surface area (Å²) in [5, 5.41) is 8.81. The molecule has 0 fully saturated rings. The smallest absolute Gasteiger partial charge is 0.339 e. The highest BCUT2D eigenvalue weighted by Crippen LogP contribution is 2.18. The van der Waals surface area contributed by atoms with Crippen molar-refractivity contribution in [3.8, 4) is 11.8 Å². The molecule has 0 saturated heterocycles. The monoisotopic (exact) mass is 338 g/mol. The van der Waals surface area contributed by atoms with Gasteiger partial charge in [-0.25, -0.2) is 14.8 Å². The van der Waals surface area contributed by atoms with E-state index >= 15 is 0 Å². The van der Waals surface area contributed by atoms with E-state index in [1.54, 1.807) is 29.1 Å². The summed E-state index contributed by atoms with van der Waals surface area (Å²) in [6.07, 6.45) is 3.08. The quantitative estimate of drug-likeness (QED) is 0.656. The van der Waals surface area contributed by atoms with Crippen molar-refractivity contribution in [2.24, 2.45) is 0 Å². The number of nitrogens with zero attached hydrogens (tertiary/aromatic N) is 4. The maximum Gasteiger partial charge on any atom is 0.339 e. The third-order valence-corrected chi connectivity index (χ3v) is 3.08. The number of fused-ring (bicyclic) bond motifs is 1. The molecule has 1 aromatic carbocycles. The van der Waals surface area contributed by atoms with E-state index in [2.05, 4.69) is 20.8 Å². The van der Waals surface area contributed by atoms with Crippen LogP contribution in [0, 0.1) is 11.3 Å². The summed E-state index contributed by atoms with van der Waals surface area (Å²) in [5.74, 6) is -0.447.